The Hall–Kier alpha value is -3.39. The normalized spacial score (nSPS) is 15.1. The number of hydrogen-bond donors (Lipinski definition) is 0. The summed E-state index contributed by atoms with van der Waals surface area (Å²) in [5.41, 5.74) is 0.932. The average molecular weight is 652 g/mol. The van der Waals surface area contributed by atoms with Crippen LogP contribution in [0.3, 0.4) is 0 Å². The first kappa shape index (κ1) is 27.6. The van der Waals surface area contributed by atoms with E-state index in [2.05, 4.69) is 32.3 Å². The number of ether oxygens (including phenoxy) is 4. The Morgan fingerprint density at radius 1 is 1.16 bits per heavy atom. The number of nitrogens with zero attached hydrogens (tertiary/aromatic N) is 2. The van der Waals surface area contributed by atoms with Crippen LogP contribution >= 0.6 is 33.9 Å². The monoisotopic (exact) mass is 652 g/mol. The van der Waals surface area contributed by atoms with Gasteiger partial charge in [-0.05, 0) is 73.2 Å². The van der Waals surface area contributed by atoms with Crippen LogP contribution in [-0.2, 0) is 19.1 Å². The van der Waals surface area contributed by atoms with Crippen LogP contribution in [0.4, 0.5) is 0 Å². The van der Waals surface area contributed by atoms with Gasteiger partial charge >= 0.3 is 11.9 Å². The molecular formula is C26H25IN2O8S. The van der Waals surface area contributed by atoms with E-state index in [9.17, 15) is 14.4 Å². The van der Waals surface area contributed by atoms with Crippen molar-refractivity contribution in [2.24, 2.45) is 4.99 Å². The van der Waals surface area contributed by atoms with Crippen LogP contribution < -0.4 is 24.4 Å². The standard InChI is InChI=1S/C26H25IN2O8S/c1-5-34-18-11-15(7-9-17(18)36-13-21(30)33-4)23-22(25(32)35-6-2)14(3)28-26-29(23)24(31)19(38-26)12-16-8-10-20(27)37-16/h7-12,23H,5-6,13H2,1-4H3/b19-12-/t23-/m0/s1. The lowest BCUT2D eigenvalue weighted by Crippen LogP contribution is -2.40. The van der Waals surface area contributed by atoms with Crippen LogP contribution in [0.25, 0.3) is 6.08 Å². The zero-order valence-electron chi connectivity index (χ0n) is 21.1. The molecule has 1 aliphatic rings. The van der Waals surface area contributed by atoms with Gasteiger partial charge in [-0.25, -0.2) is 14.6 Å². The van der Waals surface area contributed by atoms with E-state index in [-0.39, 0.29) is 24.3 Å². The van der Waals surface area contributed by atoms with Crippen LogP contribution in [0.5, 0.6) is 11.5 Å². The summed E-state index contributed by atoms with van der Waals surface area (Å²) in [4.78, 5) is 43.4. The number of rotatable bonds is 9. The van der Waals surface area contributed by atoms with Crippen molar-refractivity contribution in [2.75, 3.05) is 26.9 Å². The number of furan rings is 1. The molecule has 0 saturated carbocycles. The fourth-order valence-corrected chi connectivity index (χ4v) is 5.38. The SMILES string of the molecule is CCOC(=O)C1=C(C)N=c2s/c(=C\c3ccc(I)o3)c(=O)n2[C@H]1c1ccc(OCC(=O)OC)c(OCC)c1. The topological polar surface area (TPSA) is 119 Å². The number of fused-ring (bicyclic) bond motifs is 1. The summed E-state index contributed by atoms with van der Waals surface area (Å²) in [5.74, 6) is 0.0808. The van der Waals surface area contributed by atoms with Gasteiger partial charge in [0.1, 0.15) is 5.76 Å². The number of thiazole rings is 1. The molecule has 0 spiro atoms. The second-order valence-electron chi connectivity index (χ2n) is 7.95. The summed E-state index contributed by atoms with van der Waals surface area (Å²) in [5, 5.41) is 0. The zero-order valence-corrected chi connectivity index (χ0v) is 24.1. The van der Waals surface area contributed by atoms with Crippen LogP contribution in [0.2, 0.25) is 0 Å². The van der Waals surface area contributed by atoms with Gasteiger partial charge in [0.05, 0.1) is 42.2 Å². The summed E-state index contributed by atoms with van der Waals surface area (Å²) in [7, 11) is 1.27. The first-order valence-electron chi connectivity index (χ1n) is 11.7. The summed E-state index contributed by atoms with van der Waals surface area (Å²) >= 11 is 3.25. The maximum absolute atomic E-state index is 13.7. The van der Waals surface area contributed by atoms with E-state index in [1.807, 2.05) is 6.92 Å². The van der Waals surface area contributed by atoms with E-state index in [0.29, 0.717) is 48.2 Å². The number of aromatic nitrogens is 1. The Balaban J connectivity index is 1.89. The largest absolute Gasteiger partial charge is 0.490 e. The Kier molecular flexibility index (Phi) is 8.72. The smallest absolute Gasteiger partial charge is 0.343 e. The number of allylic oxidation sites excluding steroid dienone is 1. The molecule has 0 bridgehead atoms. The molecular weight excluding hydrogens is 627 g/mol. The second-order valence-corrected chi connectivity index (χ2v) is 10.0. The summed E-state index contributed by atoms with van der Waals surface area (Å²) < 4.78 is 29.5. The lowest BCUT2D eigenvalue weighted by atomic mass is 9.95. The molecule has 1 aromatic carbocycles. The van der Waals surface area contributed by atoms with Crippen LogP contribution in [0, 0.1) is 3.77 Å². The molecule has 3 heterocycles. The minimum Gasteiger partial charge on any atom is -0.490 e. The highest BCUT2D eigenvalue weighted by atomic mass is 127. The van der Waals surface area contributed by atoms with Crippen molar-refractivity contribution in [2.45, 2.75) is 26.8 Å². The molecule has 2 aromatic heterocycles. The van der Waals surface area contributed by atoms with Crippen molar-refractivity contribution < 1.29 is 33.0 Å². The van der Waals surface area contributed by atoms with E-state index in [1.165, 1.54) is 23.0 Å². The van der Waals surface area contributed by atoms with Crippen LogP contribution in [-0.4, -0.2) is 43.4 Å². The molecule has 200 valence electrons. The van der Waals surface area contributed by atoms with Gasteiger partial charge in [-0.1, -0.05) is 17.4 Å². The molecule has 10 nitrogen and oxygen atoms in total. The third-order valence-corrected chi connectivity index (χ3v) is 7.10. The van der Waals surface area contributed by atoms with Gasteiger partial charge in [-0.15, -0.1) is 0 Å². The molecule has 4 rings (SSSR count). The van der Waals surface area contributed by atoms with Crippen LogP contribution in [0.1, 0.15) is 38.1 Å². The first-order chi connectivity index (χ1) is 18.3. The van der Waals surface area contributed by atoms with Gasteiger partial charge in [0.15, 0.2) is 26.7 Å². The van der Waals surface area contributed by atoms with Gasteiger partial charge in [-0.2, -0.15) is 0 Å². The summed E-state index contributed by atoms with van der Waals surface area (Å²) in [6.45, 7) is 5.41. The lowest BCUT2D eigenvalue weighted by Gasteiger charge is -2.25. The van der Waals surface area contributed by atoms with E-state index in [0.717, 1.165) is 0 Å². The fraction of sp³-hybridized carbons (Fsp3) is 0.308. The minimum absolute atomic E-state index is 0.161. The van der Waals surface area contributed by atoms with Gasteiger partial charge < -0.3 is 23.4 Å². The molecule has 0 N–H and O–H groups in total. The Bertz CT molecular complexity index is 1580. The predicted octanol–water partition coefficient (Wildman–Crippen LogP) is 2.95. The number of carbonyl (C=O) groups is 2. The number of halogens is 1. The third-order valence-electron chi connectivity index (χ3n) is 5.54. The molecule has 3 aromatic rings. The molecule has 0 fully saturated rings. The molecule has 0 aliphatic carbocycles. The quantitative estimate of drug-likeness (QED) is 0.256. The van der Waals surface area contributed by atoms with Gasteiger partial charge in [0.25, 0.3) is 5.56 Å². The molecule has 0 saturated heterocycles. The number of esters is 2. The highest BCUT2D eigenvalue weighted by Crippen LogP contribution is 2.36. The summed E-state index contributed by atoms with van der Waals surface area (Å²) in [6.07, 6.45) is 1.65. The number of hydrogen-bond acceptors (Lipinski definition) is 10. The second kappa shape index (κ2) is 12.0. The maximum Gasteiger partial charge on any atom is 0.343 e. The number of methoxy groups -OCH3 is 1. The molecule has 0 unspecified atom stereocenters. The molecule has 1 aliphatic heterocycles. The summed E-state index contributed by atoms with van der Waals surface area (Å²) in [6, 6.07) is 7.76. The highest BCUT2D eigenvalue weighted by molar-refractivity contribution is 14.1. The van der Waals surface area contributed by atoms with Gasteiger partial charge in [-0.3, -0.25) is 9.36 Å². The van der Waals surface area contributed by atoms with E-state index >= 15 is 0 Å². The number of benzene rings is 1. The number of carbonyl (C=O) groups excluding carboxylic acids is 2. The van der Waals surface area contributed by atoms with E-state index in [1.54, 1.807) is 50.3 Å². The van der Waals surface area contributed by atoms with E-state index in [4.69, 9.17) is 18.6 Å². The fourth-order valence-electron chi connectivity index (χ4n) is 3.92. The van der Waals surface area contributed by atoms with Crippen molar-refractivity contribution >= 4 is 51.9 Å². The maximum atomic E-state index is 13.7. The van der Waals surface area contributed by atoms with Crippen molar-refractivity contribution in [3.05, 3.63) is 76.4 Å². The van der Waals surface area contributed by atoms with Crippen molar-refractivity contribution in [1.29, 1.82) is 0 Å². The molecule has 0 amide bonds. The van der Waals surface area contributed by atoms with Gasteiger partial charge in [0, 0.05) is 6.08 Å². The predicted molar refractivity (Wildman–Crippen MR) is 147 cm³/mol. The van der Waals surface area contributed by atoms with E-state index < -0.39 is 18.0 Å². The lowest BCUT2D eigenvalue weighted by molar-refractivity contribution is -0.143. The molecule has 12 heteroatoms. The third kappa shape index (κ3) is 5.70. The Morgan fingerprint density at radius 2 is 1.95 bits per heavy atom. The molecule has 38 heavy (non-hydrogen) atoms. The molecule has 1 atom stereocenters. The first-order valence-corrected chi connectivity index (χ1v) is 13.6. The van der Waals surface area contributed by atoms with Crippen molar-refractivity contribution in [3.8, 4) is 11.5 Å². The van der Waals surface area contributed by atoms with Crippen molar-refractivity contribution in [1.82, 2.24) is 4.57 Å². The molecule has 0 radical (unpaired) electrons. The Labute approximate surface area is 235 Å². The zero-order chi connectivity index (χ0) is 27.4. The Morgan fingerprint density at radius 3 is 2.61 bits per heavy atom. The van der Waals surface area contributed by atoms with Crippen molar-refractivity contribution in [3.63, 3.8) is 0 Å². The van der Waals surface area contributed by atoms with Crippen LogP contribution in [0.15, 0.2) is 55.8 Å². The minimum atomic E-state index is -0.835. The van der Waals surface area contributed by atoms with Gasteiger partial charge in [0.2, 0.25) is 0 Å². The average Bonchev–Trinajstić information content (AvgIpc) is 3.44. The highest BCUT2D eigenvalue weighted by Gasteiger charge is 2.34.